The van der Waals surface area contributed by atoms with Gasteiger partial charge in [-0.1, -0.05) is 30.3 Å². The van der Waals surface area contributed by atoms with Crippen LogP contribution in [0.3, 0.4) is 0 Å². The van der Waals surface area contributed by atoms with Crippen LogP contribution in [0.4, 0.5) is 5.69 Å². The predicted octanol–water partition coefficient (Wildman–Crippen LogP) is 2.94. The number of nitrogens with zero attached hydrogens (tertiary/aromatic N) is 1. The van der Waals surface area contributed by atoms with Gasteiger partial charge in [-0.05, 0) is 28.7 Å². The van der Waals surface area contributed by atoms with Gasteiger partial charge in [0, 0.05) is 17.4 Å². The lowest BCUT2D eigenvalue weighted by Gasteiger charge is -2.05. The highest BCUT2D eigenvalue weighted by molar-refractivity contribution is 14.1. The second kappa shape index (κ2) is 3.96. The summed E-state index contributed by atoms with van der Waals surface area (Å²) in [5.41, 5.74) is 8.64. The van der Waals surface area contributed by atoms with Gasteiger partial charge >= 0.3 is 0 Å². The molecule has 3 heteroatoms. The molecule has 0 aliphatic rings. The van der Waals surface area contributed by atoms with E-state index in [1.54, 1.807) is 6.20 Å². The normalized spacial score (nSPS) is 10.1. The molecule has 70 valence electrons. The number of rotatable bonds is 1. The van der Waals surface area contributed by atoms with Gasteiger partial charge in [-0.25, -0.2) is 0 Å². The molecule has 0 atom stereocenters. The standard InChI is InChI=1S/C11H9IN2/c12-10-9(13)6-7-14-11(10)8-4-2-1-3-5-8/h1-7H,(H2,13,14). The van der Waals surface area contributed by atoms with Crippen LogP contribution < -0.4 is 5.73 Å². The molecule has 0 spiro atoms. The largest absolute Gasteiger partial charge is 0.398 e. The van der Waals surface area contributed by atoms with Gasteiger partial charge in [0.15, 0.2) is 0 Å². The Morgan fingerprint density at radius 3 is 2.50 bits per heavy atom. The van der Waals surface area contributed by atoms with Gasteiger partial charge in [0.25, 0.3) is 0 Å². The first-order chi connectivity index (χ1) is 6.79. The lowest BCUT2D eigenvalue weighted by molar-refractivity contribution is 1.31. The monoisotopic (exact) mass is 296 g/mol. The van der Waals surface area contributed by atoms with E-state index in [4.69, 9.17) is 5.73 Å². The van der Waals surface area contributed by atoms with Crippen molar-refractivity contribution in [1.82, 2.24) is 4.98 Å². The zero-order valence-electron chi connectivity index (χ0n) is 7.44. The van der Waals surface area contributed by atoms with Crippen molar-refractivity contribution in [3.05, 3.63) is 46.2 Å². The van der Waals surface area contributed by atoms with E-state index in [2.05, 4.69) is 27.6 Å². The molecule has 1 aromatic carbocycles. The molecule has 0 fully saturated rings. The van der Waals surface area contributed by atoms with Crippen molar-refractivity contribution in [2.75, 3.05) is 5.73 Å². The minimum absolute atomic E-state index is 0.777. The van der Waals surface area contributed by atoms with E-state index in [0.29, 0.717) is 0 Å². The Bertz CT molecular complexity index is 440. The zero-order valence-corrected chi connectivity index (χ0v) is 9.60. The highest BCUT2D eigenvalue weighted by atomic mass is 127. The van der Waals surface area contributed by atoms with Crippen LogP contribution in [-0.4, -0.2) is 4.98 Å². The summed E-state index contributed by atoms with van der Waals surface area (Å²) in [7, 11) is 0. The summed E-state index contributed by atoms with van der Waals surface area (Å²) in [5.74, 6) is 0. The van der Waals surface area contributed by atoms with Crippen LogP contribution in [0.15, 0.2) is 42.6 Å². The number of aromatic nitrogens is 1. The Balaban J connectivity index is 2.58. The van der Waals surface area contributed by atoms with Crippen LogP contribution in [0.5, 0.6) is 0 Å². The third-order valence-electron chi connectivity index (χ3n) is 1.97. The maximum atomic E-state index is 5.81. The van der Waals surface area contributed by atoms with Crippen LogP contribution in [-0.2, 0) is 0 Å². The molecule has 1 heterocycles. The molecule has 0 amide bonds. The fourth-order valence-corrected chi connectivity index (χ4v) is 1.89. The molecule has 0 saturated heterocycles. The van der Waals surface area contributed by atoms with E-state index in [0.717, 1.165) is 20.5 Å². The minimum Gasteiger partial charge on any atom is -0.398 e. The number of hydrogen-bond donors (Lipinski definition) is 1. The van der Waals surface area contributed by atoms with Crippen molar-refractivity contribution in [2.24, 2.45) is 0 Å². The van der Waals surface area contributed by atoms with E-state index >= 15 is 0 Å². The number of pyridine rings is 1. The summed E-state index contributed by atoms with van der Waals surface area (Å²) in [5, 5.41) is 0. The summed E-state index contributed by atoms with van der Waals surface area (Å²) in [6, 6.07) is 11.9. The number of halogens is 1. The Labute approximate surface area is 96.3 Å². The van der Waals surface area contributed by atoms with Crippen LogP contribution in [0, 0.1) is 3.57 Å². The molecule has 2 rings (SSSR count). The van der Waals surface area contributed by atoms with E-state index in [-0.39, 0.29) is 0 Å². The highest BCUT2D eigenvalue weighted by Crippen LogP contribution is 2.26. The molecular formula is C11H9IN2. The average Bonchev–Trinajstić information content (AvgIpc) is 2.23. The highest BCUT2D eigenvalue weighted by Gasteiger charge is 2.05. The van der Waals surface area contributed by atoms with Gasteiger partial charge in [0.05, 0.1) is 9.26 Å². The van der Waals surface area contributed by atoms with Crippen LogP contribution in [0.25, 0.3) is 11.3 Å². The van der Waals surface area contributed by atoms with Crippen LogP contribution >= 0.6 is 22.6 Å². The summed E-state index contributed by atoms with van der Waals surface area (Å²) < 4.78 is 1.01. The van der Waals surface area contributed by atoms with Crippen molar-refractivity contribution in [3.8, 4) is 11.3 Å². The summed E-state index contributed by atoms with van der Waals surface area (Å²) >= 11 is 2.22. The van der Waals surface area contributed by atoms with Gasteiger partial charge < -0.3 is 5.73 Å². The smallest absolute Gasteiger partial charge is 0.0856 e. The number of hydrogen-bond acceptors (Lipinski definition) is 2. The van der Waals surface area contributed by atoms with E-state index < -0.39 is 0 Å². The number of nitrogen functional groups attached to an aromatic ring is 1. The molecule has 0 unspecified atom stereocenters. The molecule has 0 radical (unpaired) electrons. The zero-order chi connectivity index (χ0) is 9.97. The fourth-order valence-electron chi connectivity index (χ4n) is 1.26. The van der Waals surface area contributed by atoms with Gasteiger partial charge in [-0.2, -0.15) is 0 Å². The first-order valence-electron chi connectivity index (χ1n) is 4.24. The molecule has 14 heavy (non-hydrogen) atoms. The van der Waals surface area contributed by atoms with Crippen molar-refractivity contribution in [3.63, 3.8) is 0 Å². The number of nitrogens with two attached hydrogens (primary N) is 1. The van der Waals surface area contributed by atoms with E-state index in [9.17, 15) is 0 Å². The number of benzene rings is 1. The minimum atomic E-state index is 0.777. The SMILES string of the molecule is Nc1ccnc(-c2ccccc2)c1I. The van der Waals surface area contributed by atoms with Crippen molar-refractivity contribution in [1.29, 1.82) is 0 Å². The first kappa shape index (κ1) is 9.45. The van der Waals surface area contributed by atoms with Gasteiger partial charge in [-0.15, -0.1) is 0 Å². The lowest BCUT2D eigenvalue weighted by atomic mass is 10.1. The molecule has 0 aliphatic carbocycles. The summed E-state index contributed by atoms with van der Waals surface area (Å²) in [6.07, 6.45) is 1.74. The van der Waals surface area contributed by atoms with Crippen LogP contribution in [0.1, 0.15) is 0 Å². The van der Waals surface area contributed by atoms with Gasteiger partial charge in [-0.3, -0.25) is 4.98 Å². The van der Waals surface area contributed by atoms with Gasteiger partial charge in [0.2, 0.25) is 0 Å². The third-order valence-corrected chi connectivity index (χ3v) is 3.10. The molecule has 2 N–H and O–H groups in total. The van der Waals surface area contributed by atoms with Gasteiger partial charge in [0.1, 0.15) is 0 Å². The molecule has 0 aliphatic heterocycles. The van der Waals surface area contributed by atoms with Crippen molar-refractivity contribution in [2.45, 2.75) is 0 Å². The molecular weight excluding hydrogens is 287 g/mol. The second-order valence-electron chi connectivity index (χ2n) is 2.93. The van der Waals surface area contributed by atoms with Crippen molar-refractivity contribution < 1.29 is 0 Å². The summed E-state index contributed by atoms with van der Waals surface area (Å²) in [6.45, 7) is 0. The molecule has 2 aromatic rings. The molecule has 0 bridgehead atoms. The lowest BCUT2D eigenvalue weighted by Crippen LogP contribution is -1.94. The van der Waals surface area contributed by atoms with Crippen molar-refractivity contribution >= 4 is 28.3 Å². The molecule has 1 aromatic heterocycles. The molecule has 2 nitrogen and oxygen atoms in total. The molecule has 0 saturated carbocycles. The Morgan fingerprint density at radius 2 is 1.79 bits per heavy atom. The Kier molecular flexibility index (Phi) is 2.67. The average molecular weight is 296 g/mol. The van der Waals surface area contributed by atoms with E-state index in [1.807, 2.05) is 36.4 Å². The van der Waals surface area contributed by atoms with E-state index in [1.165, 1.54) is 0 Å². The summed E-state index contributed by atoms with van der Waals surface area (Å²) in [4.78, 5) is 4.32. The third kappa shape index (κ3) is 1.72. The Morgan fingerprint density at radius 1 is 1.07 bits per heavy atom. The Hall–Kier alpha value is -1.10. The maximum Gasteiger partial charge on any atom is 0.0856 e. The topological polar surface area (TPSA) is 38.9 Å². The number of anilines is 1. The quantitative estimate of drug-likeness (QED) is 0.822. The fraction of sp³-hybridized carbons (Fsp3) is 0. The van der Waals surface area contributed by atoms with Crippen LogP contribution in [0.2, 0.25) is 0 Å². The second-order valence-corrected chi connectivity index (χ2v) is 4.01. The predicted molar refractivity (Wildman–Crippen MR) is 66.8 cm³/mol. The first-order valence-corrected chi connectivity index (χ1v) is 5.32. The maximum absolute atomic E-state index is 5.81.